The van der Waals surface area contributed by atoms with Crippen molar-refractivity contribution in [3.05, 3.63) is 84.1 Å². The Hall–Kier alpha value is -1.82. The van der Waals surface area contributed by atoms with Gasteiger partial charge in [0.15, 0.2) is 0 Å². The van der Waals surface area contributed by atoms with Gasteiger partial charge in [0.1, 0.15) is 0 Å². The molecule has 1 saturated carbocycles. The lowest BCUT2D eigenvalue weighted by atomic mass is 9.84. The molecule has 0 nitrogen and oxygen atoms in total. The highest BCUT2D eigenvalue weighted by atomic mass is 14.2. The summed E-state index contributed by atoms with van der Waals surface area (Å²) in [5.74, 6) is 0.886. The van der Waals surface area contributed by atoms with Crippen molar-refractivity contribution in [2.24, 2.45) is 5.92 Å². The minimum atomic E-state index is 0.886. The molecule has 0 heteroatoms. The molecule has 0 saturated heterocycles. The zero-order valence-electron chi connectivity index (χ0n) is 12.3. The van der Waals surface area contributed by atoms with Crippen LogP contribution in [0.2, 0.25) is 0 Å². The fourth-order valence-electron chi connectivity index (χ4n) is 2.52. The van der Waals surface area contributed by atoms with E-state index in [2.05, 4.69) is 67.7 Å². The molecule has 0 N–H and O–H groups in total. The van der Waals surface area contributed by atoms with Crippen molar-refractivity contribution in [1.29, 1.82) is 0 Å². The van der Waals surface area contributed by atoms with Gasteiger partial charge in [-0.3, -0.25) is 0 Å². The molecule has 104 valence electrons. The summed E-state index contributed by atoms with van der Waals surface area (Å²) in [4.78, 5) is 0. The summed E-state index contributed by atoms with van der Waals surface area (Å²) in [6.07, 6.45) is 30.4. The minimum Gasteiger partial charge on any atom is -0.0629 e. The molecular weight excluding hydrogens is 240 g/mol. The van der Waals surface area contributed by atoms with Crippen molar-refractivity contribution in [3.63, 3.8) is 0 Å². The van der Waals surface area contributed by atoms with E-state index < -0.39 is 0 Å². The third kappa shape index (κ3) is 5.05. The summed E-state index contributed by atoms with van der Waals surface area (Å²) < 4.78 is 0. The predicted molar refractivity (Wildman–Crippen MR) is 89.5 cm³/mol. The van der Waals surface area contributed by atoms with Gasteiger partial charge < -0.3 is 0 Å². The average Bonchev–Trinajstić information content (AvgIpc) is 2.49. The third-order valence-corrected chi connectivity index (χ3v) is 3.84. The zero-order chi connectivity index (χ0) is 14.0. The van der Waals surface area contributed by atoms with Gasteiger partial charge in [-0.15, -0.1) is 0 Å². The van der Waals surface area contributed by atoms with Gasteiger partial charge in [0.25, 0.3) is 0 Å². The molecule has 0 radical (unpaired) electrons. The van der Waals surface area contributed by atoms with Gasteiger partial charge in [-0.2, -0.15) is 0 Å². The van der Waals surface area contributed by atoms with E-state index in [0.717, 1.165) is 5.92 Å². The Labute approximate surface area is 123 Å². The van der Waals surface area contributed by atoms with Crippen LogP contribution in [0, 0.1) is 5.92 Å². The molecule has 0 heterocycles. The lowest BCUT2D eigenvalue weighted by Crippen LogP contribution is -2.05. The van der Waals surface area contributed by atoms with E-state index in [1.807, 2.05) is 12.2 Å². The highest BCUT2D eigenvalue weighted by Gasteiger charge is 2.13. The summed E-state index contributed by atoms with van der Waals surface area (Å²) >= 11 is 0. The van der Waals surface area contributed by atoms with Crippen LogP contribution in [0.3, 0.4) is 0 Å². The van der Waals surface area contributed by atoms with E-state index in [1.165, 1.54) is 31.3 Å². The maximum atomic E-state index is 2.36. The molecule has 2 aliphatic carbocycles. The Kier molecular flexibility index (Phi) is 6.10. The topological polar surface area (TPSA) is 0 Å². The lowest BCUT2D eigenvalue weighted by molar-refractivity contribution is 0.443. The Morgan fingerprint density at radius 3 is 1.50 bits per heavy atom. The van der Waals surface area contributed by atoms with Crippen LogP contribution in [-0.2, 0) is 0 Å². The van der Waals surface area contributed by atoms with Crippen LogP contribution < -0.4 is 0 Å². The van der Waals surface area contributed by atoms with Gasteiger partial charge >= 0.3 is 0 Å². The fourth-order valence-corrected chi connectivity index (χ4v) is 2.52. The predicted octanol–water partition coefficient (Wildman–Crippen LogP) is 5.84. The minimum absolute atomic E-state index is 0.886. The molecular formula is C20H24. The first-order valence-corrected chi connectivity index (χ1v) is 7.59. The molecule has 20 heavy (non-hydrogen) atoms. The highest BCUT2D eigenvalue weighted by Crippen LogP contribution is 2.30. The van der Waals surface area contributed by atoms with Crippen LogP contribution in [0.5, 0.6) is 0 Å². The standard InChI is InChI=1S/C20H24/c1-18-14-16-20(17-15-18)19-12-10-8-6-4-2-3-5-7-9-11-13-19/h2-13,18H,14-17H2,1H3/b4-2-,5-3-,8-6-,9-7-,12-10-,13-11?,20-19?. The first-order chi connectivity index (χ1) is 9.86. The van der Waals surface area contributed by atoms with Crippen molar-refractivity contribution in [2.45, 2.75) is 32.6 Å². The van der Waals surface area contributed by atoms with Crippen LogP contribution in [-0.4, -0.2) is 0 Å². The fraction of sp³-hybridized carbons (Fsp3) is 0.300. The average molecular weight is 264 g/mol. The summed E-state index contributed by atoms with van der Waals surface area (Å²) in [5, 5.41) is 0. The molecule has 0 atom stereocenters. The van der Waals surface area contributed by atoms with Crippen molar-refractivity contribution >= 4 is 0 Å². The van der Waals surface area contributed by atoms with E-state index in [4.69, 9.17) is 0 Å². The molecule has 0 aromatic carbocycles. The first-order valence-electron chi connectivity index (χ1n) is 7.59. The van der Waals surface area contributed by atoms with Gasteiger partial charge in [0, 0.05) is 0 Å². The maximum Gasteiger partial charge on any atom is -0.0265 e. The number of hydrogen-bond donors (Lipinski definition) is 0. The van der Waals surface area contributed by atoms with E-state index in [-0.39, 0.29) is 0 Å². The zero-order valence-corrected chi connectivity index (χ0v) is 12.3. The molecule has 0 unspecified atom stereocenters. The van der Waals surface area contributed by atoms with Crippen LogP contribution in [0.1, 0.15) is 32.6 Å². The normalized spacial score (nSPS) is 31.6. The van der Waals surface area contributed by atoms with Crippen LogP contribution in [0.25, 0.3) is 0 Å². The molecule has 0 amide bonds. The van der Waals surface area contributed by atoms with Crippen molar-refractivity contribution in [2.75, 3.05) is 0 Å². The van der Waals surface area contributed by atoms with Gasteiger partial charge in [0.2, 0.25) is 0 Å². The summed E-state index contributed by atoms with van der Waals surface area (Å²) in [5.41, 5.74) is 3.00. The Bertz CT molecular complexity index is 460. The molecule has 0 bridgehead atoms. The van der Waals surface area contributed by atoms with Gasteiger partial charge in [-0.25, -0.2) is 0 Å². The first kappa shape index (κ1) is 14.6. The van der Waals surface area contributed by atoms with E-state index >= 15 is 0 Å². The molecule has 0 aromatic rings. The monoisotopic (exact) mass is 264 g/mol. The molecule has 0 aromatic heterocycles. The molecule has 1 fully saturated rings. The third-order valence-electron chi connectivity index (χ3n) is 3.84. The summed E-state index contributed by atoms with van der Waals surface area (Å²) in [6, 6.07) is 0. The van der Waals surface area contributed by atoms with Crippen LogP contribution >= 0.6 is 0 Å². The van der Waals surface area contributed by atoms with Crippen molar-refractivity contribution < 1.29 is 0 Å². The van der Waals surface area contributed by atoms with E-state index in [0.29, 0.717) is 0 Å². The molecule has 0 spiro atoms. The van der Waals surface area contributed by atoms with E-state index in [1.54, 1.807) is 5.57 Å². The maximum absolute atomic E-state index is 2.36. The lowest BCUT2D eigenvalue weighted by Gasteiger charge is -2.21. The second-order valence-electron chi connectivity index (χ2n) is 5.50. The van der Waals surface area contributed by atoms with Crippen LogP contribution in [0.15, 0.2) is 84.1 Å². The number of rotatable bonds is 0. The second-order valence-corrected chi connectivity index (χ2v) is 5.50. The van der Waals surface area contributed by atoms with E-state index in [9.17, 15) is 0 Å². The van der Waals surface area contributed by atoms with Gasteiger partial charge in [-0.05, 0) is 37.2 Å². The van der Waals surface area contributed by atoms with Gasteiger partial charge in [-0.1, -0.05) is 85.4 Å². The summed E-state index contributed by atoms with van der Waals surface area (Å²) in [7, 11) is 0. The SMILES string of the molecule is CC1CCC(=C2C=C\C=C/C=C\C=C/C=C\C=C/2)CC1. The Balaban J connectivity index is 2.21. The summed E-state index contributed by atoms with van der Waals surface area (Å²) in [6.45, 7) is 2.36. The molecule has 2 rings (SSSR count). The Morgan fingerprint density at radius 2 is 1.05 bits per heavy atom. The number of allylic oxidation sites excluding steroid dienone is 14. The number of hydrogen-bond acceptors (Lipinski definition) is 0. The van der Waals surface area contributed by atoms with Crippen molar-refractivity contribution in [1.82, 2.24) is 0 Å². The smallest absolute Gasteiger partial charge is 0.0265 e. The second kappa shape index (κ2) is 8.37. The highest BCUT2D eigenvalue weighted by molar-refractivity contribution is 5.39. The van der Waals surface area contributed by atoms with Crippen molar-refractivity contribution in [3.8, 4) is 0 Å². The quantitative estimate of drug-likeness (QED) is 0.515. The molecule has 0 aliphatic heterocycles. The van der Waals surface area contributed by atoms with Gasteiger partial charge in [0.05, 0.1) is 0 Å². The van der Waals surface area contributed by atoms with Crippen LogP contribution in [0.4, 0.5) is 0 Å². The Morgan fingerprint density at radius 1 is 0.650 bits per heavy atom. The molecule has 2 aliphatic rings. The largest absolute Gasteiger partial charge is 0.0629 e.